The van der Waals surface area contributed by atoms with Crippen LogP contribution in [0.15, 0.2) is 34.8 Å². The largest absolute Gasteiger partial charge is 0.465 e. The van der Waals surface area contributed by atoms with Crippen LogP contribution in [-0.4, -0.2) is 13.1 Å². The van der Waals surface area contributed by atoms with Gasteiger partial charge in [0.2, 0.25) is 0 Å². The Morgan fingerprint density at radius 2 is 1.81 bits per heavy atom. The van der Waals surface area contributed by atoms with Crippen LogP contribution in [0.25, 0.3) is 0 Å². The van der Waals surface area contributed by atoms with Crippen LogP contribution in [0.3, 0.4) is 0 Å². The third-order valence-electron chi connectivity index (χ3n) is 3.08. The molecule has 0 unspecified atom stereocenters. The molecule has 2 aromatic rings. The Morgan fingerprint density at radius 3 is 2.38 bits per heavy atom. The standard InChI is InChI=1S/C16H14BrFO3/c1-9-8-13(18)14(17)10(2)15(9)21-12-6-4-11(5-7-12)16(19)20-3/h4-8H,1-3H3. The molecule has 0 aliphatic heterocycles. The zero-order chi connectivity index (χ0) is 15.6. The van der Waals surface area contributed by atoms with Gasteiger partial charge >= 0.3 is 5.97 Å². The van der Waals surface area contributed by atoms with Gasteiger partial charge in [-0.3, -0.25) is 0 Å². The number of esters is 1. The summed E-state index contributed by atoms with van der Waals surface area (Å²) in [6, 6.07) is 7.98. The maximum absolute atomic E-state index is 13.6. The first-order chi connectivity index (χ1) is 9.93. The maximum atomic E-state index is 13.6. The summed E-state index contributed by atoms with van der Waals surface area (Å²) < 4.78 is 24.4. The van der Waals surface area contributed by atoms with E-state index in [0.717, 1.165) is 0 Å². The van der Waals surface area contributed by atoms with Gasteiger partial charge in [0.25, 0.3) is 0 Å². The number of hydrogen-bond donors (Lipinski definition) is 0. The van der Waals surface area contributed by atoms with Crippen molar-refractivity contribution in [1.82, 2.24) is 0 Å². The normalized spacial score (nSPS) is 10.3. The molecule has 0 saturated carbocycles. The second-order valence-corrected chi connectivity index (χ2v) is 5.35. The van der Waals surface area contributed by atoms with Crippen LogP contribution >= 0.6 is 15.9 Å². The van der Waals surface area contributed by atoms with Gasteiger partial charge < -0.3 is 9.47 Å². The average molecular weight is 353 g/mol. The highest BCUT2D eigenvalue weighted by molar-refractivity contribution is 9.10. The Kier molecular flexibility index (Phi) is 4.63. The minimum Gasteiger partial charge on any atom is -0.465 e. The molecule has 0 heterocycles. The summed E-state index contributed by atoms with van der Waals surface area (Å²) in [5.74, 6) is 0.429. The summed E-state index contributed by atoms with van der Waals surface area (Å²) in [5.41, 5.74) is 1.83. The van der Waals surface area contributed by atoms with E-state index in [4.69, 9.17) is 4.74 Å². The average Bonchev–Trinajstić information content (AvgIpc) is 2.49. The molecule has 0 aliphatic rings. The van der Waals surface area contributed by atoms with Gasteiger partial charge in [-0.1, -0.05) is 0 Å². The van der Waals surface area contributed by atoms with Gasteiger partial charge in [0.1, 0.15) is 17.3 Å². The number of ether oxygens (including phenoxy) is 2. The monoisotopic (exact) mass is 352 g/mol. The molecule has 0 aromatic heterocycles. The van der Waals surface area contributed by atoms with E-state index >= 15 is 0 Å². The van der Waals surface area contributed by atoms with Crippen molar-refractivity contribution in [3.8, 4) is 11.5 Å². The fourth-order valence-electron chi connectivity index (χ4n) is 1.95. The molecule has 0 fully saturated rings. The number of halogens is 2. The van der Waals surface area contributed by atoms with Gasteiger partial charge in [0, 0.05) is 5.56 Å². The van der Waals surface area contributed by atoms with Crippen molar-refractivity contribution in [2.45, 2.75) is 13.8 Å². The van der Waals surface area contributed by atoms with E-state index in [2.05, 4.69) is 20.7 Å². The number of carbonyl (C=O) groups is 1. The maximum Gasteiger partial charge on any atom is 0.337 e. The van der Waals surface area contributed by atoms with Gasteiger partial charge in [0.05, 0.1) is 17.1 Å². The Labute approximate surface area is 130 Å². The summed E-state index contributed by atoms with van der Waals surface area (Å²) in [5, 5.41) is 0. The first-order valence-electron chi connectivity index (χ1n) is 6.25. The Balaban J connectivity index is 2.31. The lowest BCUT2D eigenvalue weighted by Gasteiger charge is -2.14. The molecule has 2 aromatic carbocycles. The SMILES string of the molecule is COC(=O)c1ccc(Oc2c(C)cc(F)c(Br)c2C)cc1. The Morgan fingerprint density at radius 1 is 1.19 bits per heavy atom. The van der Waals surface area contributed by atoms with Crippen LogP contribution in [0.1, 0.15) is 21.5 Å². The predicted octanol–water partition coefficient (Wildman–Crippen LogP) is 4.78. The number of benzene rings is 2. The highest BCUT2D eigenvalue weighted by Gasteiger charge is 2.13. The number of carbonyl (C=O) groups excluding carboxylic acids is 1. The predicted molar refractivity (Wildman–Crippen MR) is 81.4 cm³/mol. The fourth-order valence-corrected chi connectivity index (χ4v) is 2.24. The molecule has 3 nitrogen and oxygen atoms in total. The molecular formula is C16H14BrFO3. The summed E-state index contributed by atoms with van der Waals surface area (Å²) in [7, 11) is 1.33. The smallest absolute Gasteiger partial charge is 0.337 e. The van der Waals surface area contributed by atoms with Crippen LogP contribution in [0.4, 0.5) is 4.39 Å². The molecular weight excluding hydrogens is 339 g/mol. The lowest BCUT2D eigenvalue weighted by Crippen LogP contribution is -2.00. The van der Waals surface area contributed by atoms with Crippen LogP contribution in [0.2, 0.25) is 0 Å². The number of hydrogen-bond acceptors (Lipinski definition) is 3. The third-order valence-corrected chi connectivity index (χ3v) is 4.05. The second kappa shape index (κ2) is 6.26. The number of rotatable bonds is 3. The van der Waals surface area contributed by atoms with E-state index < -0.39 is 5.97 Å². The van der Waals surface area contributed by atoms with Crippen molar-refractivity contribution in [3.05, 3.63) is 57.3 Å². The van der Waals surface area contributed by atoms with Crippen molar-refractivity contribution in [2.75, 3.05) is 7.11 Å². The molecule has 0 radical (unpaired) electrons. The Bertz CT molecular complexity index is 681. The van der Waals surface area contributed by atoms with E-state index in [9.17, 15) is 9.18 Å². The number of methoxy groups -OCH3 is 1. The summed E-state index contributed by atoms with van der Waals surface area (Å²) >= 11 is 3.20. The van der Waals surface area contributed by atoms with Crippen molar-refractivity contribution in [2.24, 2.45) is 0 Å². The van der Waals surface area contributed by atoms with Crippen LogP contribution in [-0.2, 0) is 4.74 Å². The van der Waals surface area contributed by atoms with Crippen LogP contribution < -0.4 is 4.74 Å². The molecule has 0 saturated heterocycles. The van der Waals surface area contributed by atoms with Crippen molar-refractivity contribution < 1.29 is 18.7 Å². The summed E-state index contributed by atoms with van der Waals surface area (Å²) in [4.78, 5) is 11.4. The molecule has 5 heteroatoms. The highest BCUT2D eigenvalue weighted by atomic mass is 79.9. The quantitative estimate of drug-likeness (QED) is 0.745. The zero-order valence-corrected chi connectivity index (χ0v) is 13.5. The fraction of sp³-hybridized carbons (Fsp3) is 0.188. The molecule has 0 amide bonds. The van der Waals surface area contributed by atoms with Crippen molar-refractivity contribution in [3.63, 3.8) is 0 Å². The lowest BCUT2D eigenvalue weighted by atomic mass is 10.1. The third kappa shape index (κ3) is 3.24. The zero-order valence-electron chi connectivity index (χ0n) is 11.9. The van der Waals surface area contributed by atoms with E-state index in [1.807, 2.05) is 0 Å². The molecule has 0 bridgehead atoms. The van der Waals surface area contributed by atoms with E-state index in [1.165, 1.54) is 13.2 Å². The molecule has 110 valence electrons. The molecule has 0 N–H and O–H groups in total. The van der Waals surface area contributed by atoms with E-state index in [0.29, 0.717) is 32.7 Å². The van der Waals surface area contributed by atoms with Gasteiger partial charge in [-0.05, 0) is 65.7 Å². The van der Waals surface area contributed by atoms with Gasteiger partial charge in [-0.25, -0.2) is 9.18 Å². The summed E-state index contributed by atoms with van der Waals surface area (Å²) in [6.45, 7) is 3.55. The highest BCUT2D eigenvalue weighted by Crippen LogP contribution is 2.35. The van der Waals surface area contributed by atoms with Crippen molar-refractivity contribution >= 4 is 21.9 Å². The topological polar surface area (TPSA) is 35.5 Å². The number of aryl methyl sites for hydroxylation is 1. The molecule has 0 spiro atoms. The first-order valence-corrected chi connectivity index (χ1v) is 7.04. The molecule has 0 atom stereocenters. The van der Waals surface area contributed by atoms with Gasteiger partial charge in [-0.2, -0.15) is 0 Å². The minimum absolute atomic E-state index is 0.321. The van der Waals surface area contributed by atoms with Gasteiger partial charge in [0.15, 0.2) is 0 Å². The minimum atomic E-state index is -0.404. The molecule has 21 heavy (non-hydrogen) atoms. The van der Waals surface area contributed by atoms with Gasteiger partial charge in [-0.15, -0.1) is 0 Å². The second-order valence-electron chi connectivity index (χ2n) is 4.56. The van der Waals surface area contributed by atoms with E-state index in [1.54, 1.807) is 38.1 Å². The first kappa shape index (κ1) is 15.5. The summed E-state index contributed by atoms with van der Waals surface area (Å²) in [6.07, 6.45) is 0. The Hall–Kier alpha value is -1.88. The lowest BCUT2D eigenvalue weighted by molar-refractivity contribution is 0.0600. The van der Waals surface area contributed by atoms with Crippen LogP contribution in [0, 0.1) is 19.7 Å². The van der Waals surface area contributed by atoms with Crippen molar-refractivity contribution in [1.29, 1.82) is 0 Å². The molecule has 0 aliphatic carbocycles. The molecule has 2 rings (SSSR count). The van der Waals surface area contributed by atoms with Crippen LogP contribution in [0.5, 0.6) is 11.5 Å². The van der Waals surface area contributed by atoms with E-state index in [-0.39, 0.29) is 5.82 Å².